The molecule has 1 saturated heterocycles. The molecule has 3 rings (SSSR count). The molecule has 0 aromatic heterocycles. The van der Waals surface area contributed by atoms with Crippen molar-refractivity contribution < 1.29 is 23.1 Å². The minimum Gasteiger partial charge on any atom is -0.480 e. The number of nitrogens with zero attached hydrogens (tertiary/aromatic N) is 1. The van der Waals surface area contributed by atoms with Crippen molar-refractivity contribution >= 4 is 5.97 Å². The van der Waals surface area contributed by atoms with E-state index in [1.54, 1.807) is 6.07 Å². The molecule has 2 atom stereocenters. The summed E-state index contributed by atoms with van der Waals surface area (Å²) in [6, 6.07) is 9.81. The fourth-order valence-corrected chi connectivity index (χ4v) is 4.10. The summed E-state index contributed by atoms with van der Waals surface area (Å²) in [6.45, 7) is 4.41. The molecule has 1 aliphatic heterocycles. The molecule has 3 nitrogen and oxygen atoms in total. The number of hydrogen-bond acceptors (Lipinski definition) is 2. The van der Waals surface area contributed by atoms with Gasteiger partial charge in [0, 0.05) is 0 Å². The molecular formula is C22H24F3NO2. The molecule has 0 amide bonds. The van der Waals surface area contributed by atoms with Gasteiger partial charge < -0.3 is 5.11 Å². The van der Waals surface area contributed by atoms with Crippen LogP contribution < -0.4 is 0 Å². The molecule has 1 aliphatic rings. The lowest BCUT2D eigenvalue weighted by atomic mass is 9.88. The van der Waals surface area contributed by atoms with E-state index < -0.39 is 29.8 Å². The zero-order chi connectivity index (χ0) is 20.5. The van der Waals surface area contributed by atoms with Gasteiger partial charge in [-0.1, -0.05) is 42.3 Å². The van der Waals surface area contributed by atoms with Crippen LogP contribution in [0.15, 0.2) is 42.5 Å². The number of alkyl halides is 3. The number of carbonyl (C=O) groups is 1. The van der Waals surface area contributed by atoms with Gasteiger partial charge in [-0.2, -0.15) is 13.2 Å². The van der Waals surface area contributed by atoms with Gasteiger partial charge in [0.15, 0.2) is 0 Å². The summed E-state index contributed by atoms with van der Waals surface area (Å²) in [5, 5.41) is 9.73. The summed E-state index contributed by atoms with van der Waals surface area (Å²) in [4.78, 5) is 13.7. The lowest BCUT2D eigenvalue weighted by molar-refractivity contribution is -0.145. The number of halogens is 3. The summed E-state index contributed by atoms with van der Waals surface area (Å²) in [6.07, 6.45) is -2.33. The standard InChI is InChI=1S/C22H24F3NO2/c1-14-9-10-18(15(2)12-14)20(26-11-4-3-8-19(26)21(27)28)16-6-5-7-17(13-16)22(23,24)25/h5-7,9-10,12-13,19-20H,3-4,8,11H2,1-2H3,(H,27,28). The molecule has 1 fully saturated rings. The number of piperidine rings is 1. The van der Waals surface area contributed by atoms with Gasteiger partial charge in [0.2, 0.25) is 0 Å². The number of carboxylic acids is 1. The van der Waals surface area contributed by atoms with Crippen LogP contribution in [0.2, 0.25) is 0 Å². The van der Waals surface area contributed by atoms with Gasteiger partial charge in [-0.15, -0.1) is 0 Å². The van der Waals surface area contributed by atoms with E-state index in [0.29, 0.717) is 18.5 Å². The highest BCUT2D eigenvalue weighted by Crippen LogP contribution is 2.38. The Hall–Kier alpha value is -2.34. The lowest BCUT2D eigenvalue weighted by Crippen LogP contribution is -2.47. The van der Waals surface area contributed by atoms with E-state index in [1.165, 1.54) is 6.07 Å². The van der Waals surface area contributed by atoms with Crippen LogP contribution in [0.25, 0.3) is 0 Å². The topological polar surface area (TPSA) is 40.5 Å². The molecule has 0 bridgehead atoms. The van der Waals surface area contributed by atoms with Gasteiger partial charge in [-0.25, -0.2) is 0 Å². The van der Waals surface area contributed by atoms with Crippen molar-refractivity contribution in [2.45, 2.75) is 51.4 Å². The highest BCUT2D eigenvalue weighted by Gasteiger charge is 2.37. The average molecular weight is 391 g/mol. The van der Waals surface area contributed by atoms with Crippen molar-refractivity contribution in [2.75, 3.05) is 6.54 Å². The van der Waals surface area contributed by atoms with Crippen LogP contribution in [0.4, 0.5) is 13.2 Å². The number of hydrogen-bond donors (Lipinski definition) is 1. The molecule has 2 aromatic rings. The molecule has 2 unspecified atom stereocenters. The average Bonchev–Trinajstić information content (AvgIpc) is 2.63. The summed E-state index contributed by atoms with van der Waals surface area (Å²) >= 11 is 0. The monoisotopic (exact) mass is 391 g/mol. The Morgan fingerprint density at radius 2 is 1.89 bits per heavy atom. The van der Waals surface area contributed by atoms with Crippen LogP contribution in [0.5, 0.6) is 0 Å². The van der Waals surface area contributed by atoms with Crippen LogP contribution in [0.1, 0.15) is 53.1 Å². The lowest BCUT2D eigenvalue weighted by Gasteiger charge is -2.40. The quantitative estimate of drug-likeness (QED) is 0.764. The first kappa shape index (κ1) is 20.4. The Morgan fingerprint density at radius 1 is 1.14 bits per heavy atom. The highest BCUT2D eigenvalue weighted by molar-refractivity contribution is 5.73. The summed E-state index contributed by atoms with van der Waals surface area (Å²) in [5.74, 6) is -0.929. The second-order valence-electron chi connectivity index (χ2n) is 7.47. The molecule has 0 spiro atoms. The number of aryl methyl sites for hydroxylation is 2. The van der Waals surface area contributed by atoms with Crippen LogP contribution in [0.3, 0.4) is 0 Å². The van der Waals surface area contributed by atoms with Crippen molar-refractivity contribution in [3.8, 4) is 0 Å². The molecule has 1 heterocycles. The Kier molecular flexibility index (Phi) is 5.79. The van der Waals surface area contributed by atoms with E-state index in [2.05, 4.69) is 0 Å². The number of likely N-dealkylation sites (tertiary alicyclic amines) is 1. The smallest absolute Gasteiger partial charge is 0.416 e. The number of carboxylic acid groups (broad SMARTS) is 1. The van der Waals surface area contributed by atoms with Gasteiger partial charge in [0.05, 0.1) is 11.6 Å². The zero-order valence-corrected chi connectivity index (χ0v) is 16.0. The van der Waals surface area contributed by atoms with Crippen molar-refractivity contribution in [3.05, 3.63) is 70.3 Å². The SMILES string of the molecule is Cc1ccc(C(c2cccc(C(F)(F)F)c2)N2CCCCC2C(=O)O)c(C)c1. The zero-order valence-electron chi connectivity index (χ0n) is 16.0. The third kappa shape index (κ3) is 4.22. The fraction of sp³-hybridized carbons (Fsp3) is 0.409. The minimum atomic E-state index is -4.45. The van der Waals surface area contributed by atoms with Gasteiger partial charge in [-0.05, 0) is 62.1 Å². The van der Waals surface area contributed by atoms with Gasteiger partial charge in [0.25, 0.3) is 0 Å². The third-order valence-electron chi connectivity index (χ3n) is 5.41. The van der Waals surface area contributed by atoms with Crippen LogP contribution in [-0.2, 0) is 11.0 Å². The molecule has 150 valence electrons. The molecule has 6 heteroatoms. The number of aliphatic carboxylic acids is 1. The van der Waals surface area contributed by atoms with Crippen LogP contribution in [0, 0.1) is 13.8 Å². The van der Waals surface area contributed by atoms with Crippen molar-refractivity contribution in [3.63, 3.8) is 0 Å². The van der Waals surface area contributed by atoms with Crippen LogP contribution >= 0.6 is 0 Å². The first-order chi connectivity index (χ1) is 13.2. The largest absolute Gasteiger partial charge is 0.480 e. The van der Waals surface area contributed by atoms with Crippen LogP contribution in [-0.4, -0.2) is 28.6 Å². The minimum absolute atomic E-state index is 0.468. The maximum absolute atomic E-state index is 13.3. The fourth-order valence-electron chi connectivity index (χ4n) is 4.10. The van der Waals surface area contributed by atoms with E-state index in [0.717, 1.165) is 41.7 Å². The van der Waals surface area contributed by atoms with Crippen molar-refractivity contribution in [2.24, 2.45) is 0 Å². The van der Waals surface area contributed by atoms with E-state index in [1.807, 2.05) is 36.9 Å². The van der Waals surface area contributed by atoms with Crippen molar-refractivity contribution in [1.29, 1.82) is 0 Å². The van der Waals surface area contributed by atoms with E-state index in [4.69, 9.17) is 0 Å². The number of rotatable bonds is 4. The van der Waals surface area contributed by atoms with Gasteiger partial charge >= 0.3 is 12.1 Å². The summed E-state index contributed by atoms with van der Waals surface area (Å²) in [7, 11) is 0. The molecule has 0 aliphatic carbocycles. The molecule has 2 aromatic carbocycles. The predicted octanol–water partition coefficient (Wildman–Crippen LogP) is 5.35. The van der Waals surface area contributed by atoms with Crippen molar-refractivity contribution in [1.82, 2.24) is 4.90 Å². The van der Waals surface area contributed by atoms with E-state index >= 15 is 0 Å². The Bertz CT molecular complexity index is 863. The maximum Gasteiger partial charge on any atom is 0.416 e. The van der Waals surface area contributed by atoms with E-state index in [-0.39, 0.29) is 0 Å². The number of benzene rings is 2. The second-order valence-corrected chi connectivity index (χ2v) is 7.47. The summed E-state index contributed by atoms with van der Waals surface area (Å²) in [5.41, 5.74) is 2.59. The second kappa shape index (κ2) is 7.95. The first-order valence-electron chi connectivity index (χ1n) is 9.41. The maximum atomic E-state index is 13.3. The Labute approximate surface area is 162 Å². The van der Waals surface area contributed by atoms with E-state index in [9.17, 15) is 23.1 Å². The van der Waals surface area contributed by atoms with Gasteiger partial charge in [0.1, 0.15) is 6.04 Å². The molecule has 28 heavy (non-hydrogen) atoms. The normalized spacial score (nSPS) is 19.4. The Morgan fingerprint density at radius 3 is 2.54 bits per heavy atom. The third-order valence-corrected chi connectivity index (χ3v) is 5.41. The van der Waals surface area contributed by atoms with Gasteiger partial charge in [-0.3, -0.25) is 9.69 Å². The Balaban J connectivity index is 2.16. The summed E-state index contributed by atoms with van der Waals surface area (Å²) < 4.78 is 39.9. The molecular weight excluding hydrogens is 367 g/mol. The highest BCUT2D eigenvalue weighted by atomic mass is 19.4. The predicted molar refractivity (Wildman–Crippen MR) is 101 cm³/mol. The molecule has 0 saturated carbocycles. The molecule has 0 radical (unpaired) electrons. The molecule has 1 N–H and O–H groups in total. The first-order valence-corrected chi connectivity index (χ1v) is 9.41.